The van der Waals surface area contributed by atoms with E-state index in [1.165, 1.54) is 11.1 Å². The maximum atomic E-state index is 11.7. The number of carbonyl (C=O) groups is 2. The Morgan fingerprint density at radius 2 is 1.69 bits per heavy atom. The van der Waals surface area contributed by atoms with Gasteiger partial charge in [0.05, 0.1) is 13.7 Å². The maximum absolute atomic E-state index is 11.7. The van der Waals surface area contributed by atoms with Gasteiger partial charge in [-0.1, -0.05) is 6.07 Å². The van der Waals surface area contributed by atoms with Crippen molar-refractivity contribution in [3.63, 3.8) is 0 Å². The second-order valence-electron chi connectivity index (χ2n) is 8.95. The van der Waals surface area contributed by atoms with Crippen molar-refractivity contribution in [3.05, 3.63) is 29.3 Å². The first-order chi connectivity index (χ1) is 13.6. The Bertz CT molecular complexity index is 612. The van der Waals surface area contributed by atoms with E-state index >= 15 is 0 Å². The van der Waals surface area contributed by atoms with Crippen LogP contribution in [0.3, 0.4) is 0 Å². The predicted molar refractivity (Wildman–Crippen MR) is 118 cm³/mol. The molecule has 0 aliphatic heterocycles. The van der Waals surface area contributed by atoms with E-state index in [0.717, 1.165) is 44.4 Å². The summed E-state index contributed by atoms with van der Waals surface area (Å²) in [7, 11) is 1.69. The summed E-state index contributed by atoms with van der Waals surface area (Å²) in [5, 5.41) is 9.01. The van der Waals surface area contributed by atoms with Crippen molar-refractivity contribution in [2.75, 3.05) is 20.2 Å². The second-order valence-corrected chi connectivity index (χ2v) is 8.95. The van der Waals surface area contributed by atoms with Crippen molar-refractivity contribution in [2.45, 2.75) is 71.9 Å². The molecule has 1 aromatic carbocycles. The zero-order valence-corrected chi connectivity index (χ0v) is 18.9. The average molecular weight is 406 g/mol. The Balaban J connectivity index is 0.000000352. The van der Waals surface area contributed by atoms with Gasteiger partial charge in [0.2, 0.25) is 12.3 Å². The van der Waals surface area contributed by atoms with Crippen LogP contribution >= 0.6 is 0 Å². The van der Waals surface area contributed by atoms with E-state index < -0.39 is 0 Å². The van der Waals surface area contributed by atoms with Gasteiger partial charge in [0.1, 0.15) is 5.75 Å². The number of hydrogen-bond acceptors (Lipinski definition) is 4. The Morgan fingerprint density at radius 1 is 1.10 bits per heavy atom. The Kier molecular flexibility index (Phi) is 10.7. The minimum atomic E-state index is -0.170. The summed E-state index contributed by atoms with van der Waals surface area (Å²) in [5.41, 5.74) is 2.32. The quantitative estimate of drug-likeness (QED) is 0.609. The molecule has 1 aliphatic rings. The van der Waals surface area contributed by atoms with Gasteiger partial charge < -0.3 is 20.7 Å². The molecular formula is C23H39N3O3. The van der Waals surface area contributed by atoms with E-state index in [-0.39, 0.29) is 11.4 Å². The fourth-order valence-corrected chi connectivity index (χ4v) is 3.54. The van der Waals surface area contributed by atoms with Crippen LogP contribution in [0.4, 0.5) is 0 Å². The molecule has 1 aliphatic carbocycles. The van der Waals surface area contributed by atoms with Crippen LogP contribution in [-0.2, 0) is 9.59 Å². The molecular weight excluding hydrogens is 366 g/mol. The van der Waals surface area contributed by atoms with Gasteiger partial charge in [-0.2, -0.15) is 0 Å². The van der Waals surface area contributed by atoms with Crippen LogP contribution in [0, 0.1) is 19.8 Å². The summed E-state index contributed by atoms with van der Waals surface area (Å²) in [6.45, 7) is 11.2. The Labute approximate surface area is 176 Å². The molecule has 0 bridgehead atoms. The molecule has 0 spiro atoms. The summed E-state index contributed by atoms with van der Waals surface area (Å²) >= 11 is 0. The highest BCUT2D eigenvalue weighted by atomic mass is 16.5. The zero-order valence-electron chi connectivity index (χ0n) is 18.9. The number of aryl methyl sites for hydroxylation is 2. The minimum absolute atomic E-state index is 0.0530. The van der Waals surface area contributed by atoms with Gasteiger partial charge in [-0.15, -0.1) is 0 Å². The average Bonchev–Trinajstić information content (AvgIpc) is 2.64. The molecule has 2 rings (SSSR count). The number of hydrogen-bond donors (Lipinski definition) is 3. The number of ether oxygens (including phenoxy) is 1. The van der Waals surface area contributed by atoms with Crippen molar-refractivity contribution < 1.29 is 14.3 Å². The normalized spacial score (nSPS) is 18.8. The van der Waals surface area contributed by atoms with Gasteiger partial charge in [-0.3, -0.25) is 9.59 Å². The number of amides is 2. The molecule has 2 amide bonds. The third kappa shape index (κ3) is 11.5. The number of carbonyl (C=O) groups excluding carboxylic acids is 2. The summed E-state index contributed by atoms with van der Waals surface area (Å²) < 4.78 is 5.08. The molecule has 1 saturated carbocycles. The van der Waals surface area contributed by atoms with E-state index in [2.05, 4.69) is 35.9 Å². The van der Waals surface area contributed by atoms with Gasteiger partial charge in [0, 0.05) is 18.1 Å². The van der Waals surface area contributed by atoms with Crippen molar-refractivity contribution in [2.24, 2.45) is 5.92 Å². The largest absolute Gasteiger partial charge is 0.497 e. The Morgan fingerprint density at radius 3 is 2.17 bits per heavy atom. The molecule has 0 atom stereocenters. The lowest BCUT2D eigenvalue weighted by Gasteiger charge is -2.29. The highest BCUT2D eigenvalue weighted by molar-refractivity contribution is 5.78. The molecule has 29 heavy (non-hydrogen) atoms. The second kappa shape index (κ2) is 12.5. The van der Waals surface area contributed by atoms with E-state index in [4.69, 9.17) is 4.74 Å². The smallest absolute Gasteiger partial charge is 0.234 e. The van der Waals surface area contributed by atoms with Crippen LogP contribution in [0.25, 0.3) is 0 Å². The molecule has 1 fully saturated rings. The van der Waals surface area contributed by atoms with Gasteiger partial charge >= 0.3 is 0 Å². The van der Waals surface area contributed by atoms with Gasteiger partial charge in [-0.05, 0) is 89.5 Å². The number of benzene rings is 1. The maximum Gasteiger partial charge on any atom is 0.234 e. The van der Waals surface area contributed by atoms with Crippen LogP contribution in [0.15, 0.2) is 18.2 Å². The minimum Gasteiger partial charge on any atom is -0.497 e. The molecule has 0 unspecified atom stereocenters. The fraction of sp³-hybridized carbons (Fsp3) is 0.652. The molecule has 0 heterocycles. The van der Waals surface area contributed by atoms with E-state index in [9.17, 15) is 9.59 Å². The monoisotopic (exact) mass is 405 g/mol. The first kappa shape index (κ1) is 25.0. The summed E-state index contributed by atoms with van der Waals surface area (Å²) in [6, 6.07) is 6.60. The van der Waals surface area contributed by atoms with E-state index in [0.29, 0.717) is 18.5 Å². The van der Waals surface area contributed by atoms with Gasteiger partial charge in [-0.25, -0.2) is 0 Å². The SMILES string of the molecule is CC(C)(C)NC(=O)CNC1CCC(CNC=O)CC1.COc1cc(C)cc(C)c1. The summed E-state index contributed by atoms with van der Waals surface area (Å²) in [6.07, 6.45) is 5.14. The first-order valence-corrected chi connectivity index (χ1v) is 10.5. The summed E-state index contributed by atoms with van der Waals surface area (Å²) in [4.78, 5) is 21.9. The van der Waals surface area contributed by atoms with Crippen LogP contribution in [-0.4, -0.2) is 44.1 Å². The van der Waals surface area contributed by atoms with Crippen molar-refractivity contribution in [1.82, 2.24) is 16.0 Å². The number of nitrogens with one attached hydrogen (secondary N) is 3. The van der Waals surface area contributed by atoms with Crippen molar-refractivity contribution in [3.8, 4) is 5.75 Å². The number of rotatable bonds is 7. The fourth-order valence-electron chi connectivity index (χ4n) is 3.54. The first-order valence-electron chi connectivity index (χ1n) is 10.5. The van der Waals surface area contributed by atoms with Crippen LogP contribution in [0.1, 0.15) is 57.6 Å². The number of methoxy groups -OCH3 is 1. The van der Waals surface area contributed by atoms with Gasteiger partial charge in [0.25, 0.3) is 0 Å². The third-order valence-corrected chi connectivity index (χ3v) is 4.83. The van der Waals surface area contributed by atoms with Crippen LogP contribution in [0.5, 0.6) is 5.75 Å². The molecule has 0 aromatic heterocycles. The molecule has 164 valence electrons. The lowest BCUT2D eigenvalue weighted by atomic mass is 9.86. The highest BCUT2D eigenvalue weighted by Crippen LogP contribution is 2.23. The zero-order chi connectivity index (χ0) is 21.9. The third-order valence-electron chi connectivity index (χ3n) is 4.83. The molecule has 3 N–H and O–H groups in total. The summed E-state index contributed by atoms with van der Waals surface area (Å²) in [5.74, 6) is 1.58. The lowest BCUT2D eigenvalue weighted by Crippen LogP contribution is -2.47. The Hall–Kier alpha value is -2.08. The highest BCUT2D eigenvalue weighted by Gasteiger charge is 2.21. The molecule has 1 aromatic rings. The van der Waals surface area contributed by atoms with Crippen molar-refractivity contribution >= 4 is 12.3 Å². The lowest BCUT2D eigenvalue weighted by molar-refractivity contribution is -0.121. The molecule has 6 nitrogen and oxygen atoms in total. The van der Waals surface area contributed by atoms with Crippen LogP contribution < -0.4 is 20.7 Å². The molecule has 0 saturated heterocycles. The molecule has 0 radical (unpaired) electrons. The van der Waals surface area contributed by atoms with Crippen LogP contribution in [0.2, 0.25) is 0 Å². The van der Waals surface area contributed by atoms with Crippen molar-refractivity contribution in [1.29, 1.82) is 0 Å². The van der Waals surface area contributed by atoms with Gasteiger partial charge in [0.15, 0.2) is 0 Å². The van der Waals surface area contributed by atoms with E-state index in [1.54, 1.807) is 7.11 Å². The van der Waals surface area contributed by atoms with E-state index in [1.807, 2.05) is 32.9 Å². The topological polar surface area (TPSA) is 79.5 Å². The predicted octanol–water partition coefficient (Wildman–Crippen LogP) is 3.11. The molecule has 6 heteroatoms. The standard InChI is InChI=1S/C14H27N3O2.C9H12O/c1-14(2,3)17-13(19)9-16-12-6-4-11(5-7-12)8-15-10-18;1-7-4-8(2)6-9(5-7)10-3/h10-12,16H,4-9H2,1-3H3,(H,15,18)(H,17,19);4-6H,1-3H3.